The lowest BCUT2D eigenvalue weighted by Crippen LogP contribution is -2.22. The quantitative estimate of drug-likeness (QED) is 0.787. The van der Waals surface area contributed by atoms with Crippen LogP contribution in [0.1, 0.15) is 35.3 Å². The van der Waals surface area contributed by atoms with E-state index in [-0.39, 0.29) is 5.91 Å². The molecule has 0 saturated carbocycles. The monoisotopic (exact) mass is 312 g/mol. The Morgan fingerprint density at radius 1 is 1.00 bits per heavy atom. The predicted octanol–water partition coefficient (Wildman–Crippen LogP) is 3.12. The summed E-state index contributed by atoms with van der Waals surface area (Å²) in [6, 6.07) is 15.8. The average Bonchev–Trinajstić information content (AvgIpc) is 2.56. The number of nitrogens with one attached hydrogen (secondary N) is 2. The maximum absolute atomic E-state index is 11.7. The van der Waals surface area contributed by atoms with Gasteiger partial charge in [0.2, 0.25) is 0 Å². The van der Waals surface area contributed by atoms with Crippen LogP contribution in [-0.4, -0.2) is 19.1 Å². The van der Waals surface area contributed by atoms with Crippen molar-refractivity contribution in [3.63, 3.8) is 0 Å². The fraction of sp³-hybridized carbons (Fsp3) is 0.316. The third-order valence-electron chi connectivity index (χ3n) is 3.42. The van der Waals surface area contributed by atoms with E-state index in [2.05, 4.69) is 22.8 Å². The molecular formula is C19H24N2O2. The van der Waals surface area contributed by atoms with Crippen molar-refractivity contribution in [1.82, 2.24) is 10.6 Å². The van der Waals surface area contributed by atoms with Gasteiger partial charge in [0.25, 0.3) is 5.91 Å². The van der Waals surface area contributed by atoms with Gasteiger partial charge in [-0.2, -0.15) is 0 Å². The molecule has 0 spiro atoms. The van der Waals surface area contributed by atoms with Gasteiger partial charge >= 0.3 is 0 Å². The van der Waals surface area contributed by atoms with Crippen LogP contribution in [0.2, 0.25) is 0 Å². The Hall–Kier alpha value is -2.33. The zero-order valence-electron chi connectivity index (χ0n) is 13.8. The van der Waals surface area contributed by atoms with Crippen LogP contribution in [0.25, 0.3) is 0 Å². The molecule has 23 heavy (non-hydrogen) atoms. The molecule has 4 nitrogen and oxygen atoms in total. The van der Waals surface area contributed by atoms with Crippen LogP contribution >= 0.6 is 0 Å². The van der Waals surface area contributed by atoms with Crippen LogP contribution < -0.4 is 15.4 Å². The number of hydrogen-bond acceptors (Lipinski definition) is 3. The van der Waals surface area contributed by atoms with Crippen LogP contribution in [0, 0.1) is 0 Å². The van der Waals surface area contributed by atoms with Crippen molar-refractivity contribution in [2.24, 2.45) is 0 Å². The van der Waals surface area contributed by atoms with Gasteiger partial charge in [-0.25, -0.2) is 0 Å². The SMILES string of the molecule is CCNC(=O)c1ccc(CNCc2cccc(OCC)c2)cc1. The van der Waals surface area contributed by atoms with Crippen molar-refractivity contribution in [1.29, 1.82) is 0 Å². The van der Waals surface area contributed by atoms with Gasteiger partial charge in [0.15, 0.2) is 0 Å². The molecular weight excluding hydrogens is 288 g/mol. The molecule has 0 atom stereocenters. The minimum Gasteiger partial charge on any atom is -0.494 e. The first-order valence-electron chi connectivity index (χ1n) is 8.02. The van der Waals surface area contributed by atoms with Crippen LogP contribution in [0.5, 0.6) is 5.75 Å². The Labute approximate surface area is 137 Å². The fourth-order valence-electron chi connectivity index (χ4n) is 2.30. The second-order valence-corrected chi connectivity index (χ2v) is 5.24. The van der Waals surface area contributed by atoms with Gasteiger partial charge in [0.05, 0.1) is 6.61 Å². The summed E-state index contributed by atoms with van der Waals surface area (Å²) in [6.45, 7) is 6.75. The maximum atomic E-state index is 11.7. The van der Waals surface area contributed by atoms with E-state index in [9.17, 15) is 4.79 Å². The van der Waals surface area contributed by atoms with Gasteiger partial charge in [0, 0.05) is 25.2 Å². The molecule has 0 aliphatic carbocycles. The van der Waals surface area contributed by atoms with Gasteiger partial charge in [-0.1, -0.05) is 24.3 Å². The zero-order chi connectivity index (χ0) is 16.5. The van der Waals surface area contributed by atoms with Gasteiger partial charge in [0.1, 0.15) is 5.75 Å². The number of amides is 1. The maximum Gasteiger partial charge on any atom is 0.251 e. The number of carbonyl (C=O) groups excluding carboxylic acids is 1. The van der Waals surface area contributed by atoms with Crippen LogP contribution in [-0.2, 0) is 13.1 Å². The van der Waals surface area contributed by atoms with Crippen molar-refractivity contribution in [2.75, 3.05) is 13.2 Å². The summed E-state index contributed by atoms with van der Waals surface area (Å²) < 4.78 is 5.50. The van der Waals surface area contributed by atoms with E-state index in [1.807, 2.05) is 50.2 Å². The highest BCUT2D eigenvalue weighted by Gasteiger charge is 2.03. The average molecular weight is 312 g/mol. The van der Waals surface area contributed by atoms with E-state index in [0.717, 1.165) is 24.4 Å². The molecule has 0 saturated heterocycles. The lowest BCUT2D eigenvalue weighted by Gasteiger charge is -2.08. The van der Waals surface area contributed by atoms with Crippen LogP contribution in [0.15, 0.2) is 48.5 Å². The topological polar surface area (TPSA) is 50.4 Å². The molecule has 122 valence electrons. The molecule has 0 aliphatic heterocycles. The van der Waals surface area contributed by atoms with Crippen molar-refractivity contribution in [3.05, 3.63) is 65.2 Å². The molecule has 2 N–H and O–H groups in total. The van der Waals surface area contributed by atoms with Crippen LogP contribution in [0.3, 0.4) is 0 Å². The normalized spacial score (nSPS) is 10.3. The Kier molecular flexibility index (Phi) is 6.63. The summed E-state index contributed by atoms with van der Waals surface area (Å²) in [7, 11) is 0. The molecule has 0 bridgehead atoms. The van der Waals surface area contributed by atoms with Gasteiger partial charge < -0.3 is 15.4 Å². The largest absolute Gasteiger partial charge is 0.494 e. The van der Waals surface area contributed by atoms with Crippen molar-refractivity contribution in [2.45, 2.75) is 26.9 Å². The summed E-state index contributed by atoms with van der Waals surface area (Å²) in [5.41, 5.74) is 3.04. The predicted molar refractivity (Wildman–Crippen MR) is 92.6 cm³/mol. The Balaban J connectivity index is 1.84. The molecule has 4 heteroatoms. The van der Waals surface area contributed by atoms with E-state index in [1.165, 1.54) is 5.56 Å². The summed E-state index contributed by atoms with van der Waals surface area (Å²) in [6.07, 6.45) is 0. The van der Waals surface area contributed by atoms with E-state index >= 15 is 0 Å². The molecule has 0 fully saturated rings. The highest BCUT2D eigenvalue weighted by molar-refractivity contribution is 5.94. The first kappa shape index (κ1) is 17.0. The number of hydrogen-bond donors (Lipinski definition) is 2. The van der Waals surface area contributed by atoms with Gasteiger partial charge in [-0.15, -0.1) is 0 Å². The lowest BCUT2D eigenvalue weighted by molar-refractivity contribution is 0.0956. The molecule has 2 aromatic rings. The lowest BCUT2D eigenvalue weighted by atomic mass is 10.1. The number of benzene rings is 2. The Bertz CT molecular complexity index is 624. The first-order chi connectivity index (χ1) is 11.2. The van der Waals surface area contributed by atoms with Gasteiger partial charge in [-0.05, 0) is 49.2 Å². The van der Waals surface area contributed by atoms with E-state index in [0.29, 0.717) is 18.7 Å². The molecule has 0 unspecified atom stereocenters. The highest BCUT2D eigenvalue weighted by Crippen LogP contribution is 2.13. The molecule has 2 aromatic carbocycles. The van der Waals surface area contributed by atoms with E-state index in [4.69, 9.17) is 4.74 Å². The Morgan fingerprint density at radius 2 is 1.74 bits per heavy atom. The first-order valence-corrected chi connectivity index (χ1v) is 8.02. The molecule has 0 heterocycles. The second-order valence-electron chi connectivity index (χ2n) is 5.24. The van der Waals surface area contributed by atoms with Crippen molar-refractivity contribution >= 4 is 5.91 Å². The third kappa shape index (κ3) is 5.42. The van der Waals surface area contributed by atoms with E-state index in [1.54, 1.807) is 0 Å². The van der Waals surface area contributed by atoms with Crippen molar-refractivity contribution < 1.29 is 9.53 Å². The molecule has 1 amide bonds. The molecule has 0 aromatic heterocycles. The number of ether oxygens (including phenoxy) is 1. The summed E-state index contributed by atoms with van der Waals surface area (Å²) in [4.78, 5) is 11.7. The van der Waals surface area contributed by atoms with Gasteiger partial charge in [-0.3, -0.25) is 4.79 Å². The fourth-order valence-corrected chi connectivity index (χ4v) is 2.30. The molecule has 0 radical (unpaired) electrons. The zero-order valence-corrected chi connectivity index (χ0v) is 13.8. The minimum absolute atomic E-state index is 0.0280. The smallest absolute Gasteiger partial charge is 0.251 e. The van der Waals surface area contributed by atoms with Crippen molar-refractivity contribution in [3.8, 4) is 5.75 Å². The summed E-state index contributed by atoms with van der Waals surface area (Å²) in [5.74, 6) is 0.873. The standard InChI is InChI=1S/C19H24N2O2/c1-3-21-19(22)17-10-8-15(9-11-17)13-20-14-16-6-5-7-18(12-16)23-4-2/h5-12,20H,3-4,13-14H2,1-2H3,(H,21,22). The second kappa shape index (κ2) is 8.96. The number of carbonyl (C=O) groups is 1. The molecule has 0 aliphatic rings. The summed E-state index contributed by atoms with van der Waals surface area (Å²) >= 11 is 0. The third-order valence-corrected chi connectivity index (χ3v) is 3.42. The minimum atomic E-state index is -0.0280. The summed E-state index contributed by atoms with van der Waals surface area (Å²) in [5, 5.41) is 6.20. The van der Waals surface area contributed by atoms with E-state index < -0.39 is 0 Å². The molecule has 2 rings (SSSR count). The Morgan fingerprint density at radius 3 is 2.43 bits per heavy atom. The highest BCUT2D eigenvalue weighted by atomic mass is 16.5. The van der Waals surface area contributed by atoms with Crippen LogP contribution in [0.4, 0.5) is 0 Å². The number of rotatable bonds is 8.